The van der Waals surface area contributed by atoms with Gasteiger partial charge in [0.15, 0.2) is 5.82 Å². The van der Waals surface area contributed by atoms with Crippen molar-refractivity contribution < 1.29 is 18.0 Å². The third-order valence-corrected chi connectivity index (χ3v) is 5.14. The number of hydrogen-bond donors (Lipinski definition) is 3. The van der Waals surface area contributed by atoms with Crippen LogP contribution < -0.4 is 16.4 Å². The lowest BCUT2D eigenvalue weighted by atomic mass is 9.91. The van der Waals surface area contributed by atoms with Gasteiger partial charge in [-0.3, -0.25) is 4.79 Å². The van der Waals surface area contributed by atoms with Crippen molar-refractivity contribution in [3.8, 4) is 16.8 Å². The summed E-state index contributed by atoms with van der Waals surface area (Å²) in [5.41, 5.74) is 9.54. The van der Waals surface area contributed by atoms with E-state index in [0.29, 0.717) is 34.5 Å². The van der Waals surface area contributed by atoms with E-state index < -0.39 is 12.2 Å². The fourth-order valence-corrected chi connectivity index (χ4v) is 3.69. The molecule has 2 aromatic carbocycles. The number of aromatic nitrogens is 2. The van der Waals surface area contributed by atoms with E-state index in [0.717, 1.165) is 0 Å². The molecule has 1 aromatic heterocycles. The maximum atomic E-state index is 13.3. The van der Waals surface area contributed by atoms with Crippen LogP contribution in [0.4, 0.5) is 24.7 Å². The van der Waals surface area contributed by atoms with Gasteiger partial charge < -0.3 is 16.4 Å². The summed E-state index contributed by atoms with van der Waals surface area (Å²) in [6, 6.07) is 10.2. The number of hydrogen-bond acceptors (Lipinski definition) is 4. The molecule has 0 aliphatic carbocycles. The molecular formula is C22H20F3N5O. The number of carbonyl (C=O) groups is 1. The predicted octanol–water partition coefficient (Wildman–Crippen LogP) is 4.00. The molecule has 0 radical (unpaired) electrons. The number of nitrogens with zero attached hydrogens (tertiary/aromatic N) is 2. The first kappa shape index (κ1) is 20.7. The second-order valence-electron chi connectivity index (χ2n) is 7.21. The van der Waals surface area contributed by atoms with E-state index in [4.69, 9.17) is 5.73 Å². The van der Waals surface area contributed by atoms with Gasteiger partial charge in [0.25, 0.3) is 0 Å². The molecule has 1 atom stereocenters. The van der Waals surface area contributed by atoms with Crippen molar-refractivity contribution in [1.82, 2.24) is 15.1 Å². The molecule has 4 N–H and O–H groups in total. The molecule has 4 rings (SSSR count). The lowest BCUT2D eigenvalue weighted by molar-refractivity contribution is -0.158. The smallest absolute Gasteiger partial charge is 0.382 e. The summed E-state index contributed by atoms with van der Waals surface area (Å²) in [4.78, 5) is 11.5. The van der Waals surface area contributed by atoms with Crippen LogP contribution in [0, 0.1) is 0 Å². The van der Waals surface area contributed by atoms with Gasteiger partial charge in [-0.15, -0.1) is 0 Å². The zero-order valence-corrected chi connectivity index (χ0v) is 16.4. The molecule has 0 bridgehead atoms. The number of benzene rings is 2. The summed E-state index contributed by atoms with van der Waals surface area (Å²) in [6.07, 6.45) is -0.971. The van der Waals surface area contributed by atoms with E-state index >= 15 is 0 Å². The lowest BCUT2D eigenvalue weighted by Gasteiger charge is -2.29. The highest BCUT2D eigenvalue weighted by Gasteiger charge is 2.42. The predicted molar refractivity (Wildman–Crippen MR) is 113 cm³/mol. The van der Waals surface area contributed by atoms with Crippen LogP contribution in [0.5, 0.6) is 0 Å². The molecule has 31 heavy (non-hydrogen) atoms. The maximum absolute atomic E-state index is 13.3. The second kappa shape index (κ2) is 7.92. The van der Waals surface area contributed by atoms with Crippen LogP contribution >= 0.6 is 0 Å². The number of carbonyl (C=O) groups excluding carboxylic acids is 1. The number of nitrogen functional groups attached to an aromatic ring is 1. The fraction of sp³-hybridized carbons (Fsp3) is 0.182. The molecule has 6 nitrogen and oxygen atoms in total. The number of nitrogens with one attached hydrogen (secondary N) is 2. The summed E-state index contributed by atoms with van der Waals surface area (Å²) >= 11 is 0. The minimum absolute atomic E-state index is 0.235. The van der Waals surface area contributed by atoms with E-state index in [1.807, 2.05) is 0 Å². The van der Waals surface area contributed by atoms with Crippen LogP contribution in [-0.4, -0.2) is 28.4 Å². The number of nitrogens with two attached hydrogens (primary N) is 1. The highest BCUT2D eigenvalue weighted by Crippen LogP contribution is 2.38. The number of fused-ring (bicyclic) bond motifs is 1. The topological polar surface area (TPSA) is 85.0 Å². The Labute approximate surface area is 176 Å². The molecule has 1 unspecified atom stereocenters. The number of rotatable bonds is 4. The molecule has 3 aromatic rings. The van der Waals surface area contributed by atoms with Crippen molar-refractivity contribution >= 4 is 17.4 Å². The third kappa shape index (κ3) is 4.17. The zero-order valence-electron chi connectivity index (χ0n) is 16.4. The number of anilines is 2. The van der Waals surface area contributed by atoms with E-state index in [9.17, 15) is 18.0 Å². The molecule has 1 aliphatic rings. The van der Waals surface area contributed by atoms with Crippen molar-refractivity contribution in [1.29, 1.82) is 0 Å². The lowest BCUT2D eigenvalue weighted by Crippen LogP contribution is -2.39. The Hall–Kier alpha value is -3.59. The van der Waals surface area contributed by atoms with E-state index in [2.05, 4.69) is 22.3 Å². The highest BCUT2D eigenvalue weighted by atomic mass is 19.4. The van der Waals surface area contributed by atoms with Gasteiger partial charge >= 0.3 is 6.18 Å². The van der Waals surface area contributed by atoms with Gasteiger partial charge in [-0.25, -0.2) is 4.68 Å². The van der Waals surface area contributed by atoms with Crippen LogP contribution in [0.1, 0.15) is 17.2 Å². The standard InChI is InChI=1S/C22H20F3N5O/c1-2-19(31)28-15-4-3-5-16(11-15)30-12-18(21(26)29-30)13-6-7-17-14(10-13)8-9-27-20(17)22(23,24)25/h2-7,10-12,20,27H,1,8-9H2,(H2,26,29)(H,28,31). The summed E-state index contributed by atoms with van der Waals surface area (Å²) in [6.45, 7) is 3.67. The van der Waals surface area contributed by atoms with Crippen LogP contribution in [0.3, 0.4) is 0 Å². The SMILES string of the molecule is C=CC(=O)Nc1cccc(-n2cc(-c3ccc4c(c3)CCNC4C(F)(F)F)c(N)n2)c1. The Kier molecular flexibility index (Phi) is 5.28. The normalized spacial score (nSPS) is 15.9. The minimum Gasteiger partial charge on any atom is -0.382 e. The van der Waals surface area contributed by atoms with Crippen molar-refractivity contribution in [3.05, 3.63) is 72.4 Å². The van der Waals surface area contributed by atoms with Crippen LogP contribution in [-0.2, 0) is 11.2 Å². The van der Waals surface area contributed by atoms with Crippen molar-refractivity contribution in [2.24, 2.45) is 0 Å². The van der Waals surface area contributed by atoms with E-state index in [1.165, 1.54) is 12.1 Å². The Morgan fingerprint density at radius 3 is 2.84 bits per heavy atom. The molecule has 0 saturated carbocycles. The Morgan fingerprint density at radius 2 is 2.10 bits per heavy atom. The largest absolute Gasteiger partial charge is 0.407 e. The number of alkyl halides is 3. The molecule has 0 saturated heterocycles. The molecule has 1 aliphatic heterocycles. The minimum atomic E-state index is -4.35. The number of halogens is 3. The molecular weight excluding hydrogens is 407 g/mol. The summed E-state index contributed by atoms with van der Waals surface area (Å²) < 4.78 is 41.5. The summed E-state index contributed by atoms with van der Waals surface area (Å²) in [5.74, 6) is -0.0830. The Balaban J connectivity index is 1.67. The van der Waals surface area contributed by atoms with Crippen molar-refractivity contribution in [2.75, 3.05) is 17.6 Å². The highest BCUT2D eigenvalue weighted by molar-refractivity contribution is 5.99. The van der Waals surface area contributed by atoms with Gasteiger partial charge in [0, 0.05) is 24.0 Å². The van der Waals surface area contributed by atoms with Gasteiger partial charge in [0.2, 0.25) is 5.91 Å². The van der Waals surface area contributed by atoms with Crippen molar-refractivity contribution in [2.45, 2.75) is 18.6 Å². The summed E-state index contributed by atoms with van der Waals surface area (Å²) in [5, 5.41) is 9.54. The van der Waals surface area contributed by atoms with Crippen LogP contribution in [0.25, 0.3) is 16.8 Å². The maximum Gasteiger partial charge on any atom is 0.407 e. The summed E-state index contributed by atoms with van der Waals surface area (Å²) in [7, 11) is 0. The first-order valence-corrected chi connectivity index (χ1v) is 9.58. The van der Waals surface area contributed by atoms with Gasteiger partial charge in [-0.05, 0) is 47.4 Å². The first-order chi connectivity index (χ1) is 14.8. The van der Waals surface area contributed by atoms with Gasteiger partial charge in [0.05, 0.1) is 5.69 Å². The van der Waals surface area contributed by atoms with Gasteiger partial charge in [-0.2, -0.15) is 18.3 Å². The van der Waals surface area contributed by atoms with E-state index in [-0.39, 0.29) is 23.8 Å². The molecule has 1 amide bonds. The van der Waals surface area contributed by atoms with Gasteiger partial charge in [0.1, 0.15) is 6.04 Å². The Morgan fingerprint density at radius 1 is 1.29 bits per heavy atom. The first-order valence-electron chi connectivity index (χ1n) is 9.58. The zero-order chi connectivity index (χ0) is 22.2. The van der Waals surface area contributed by atoms with Gasteiger partial charge in [-0.1, -0.05) is 30.8 Å². The molecule has 2 heterocycles. The van der Waals surface area contributed by atoms with Crippen molar-refractivity contribution in [3.63, 3.8) is 0 Å². The van der Waals surface area contributed by atoms with E-state index in [1.54, 1.807) is 47.3 Å². The molecule has 0 fully saturated rings. The van der Waals surface area contributed by atoms with Crippen LogP contribution in [0.15, 0.2) is 61.3 Å². The Bertz CT molecular complexity index is 1150. The average molecular weight is 427 g/mol. The monoisotopic (exact) mass is 427 g/mol. The third-order valence-electron chi connectivity index (χ3n) is 5.14. The molecule has 9 heteroatoms. The number of amides is 1. The fourth-order valence-electron chi connectivity index (χ4n) is 3.69. The quantitative estimate of drug-likeness (QED) is 0.550. The van der Waals surface area contributed by atoms with Crippen LogP contribution in [0.2, 0.25) is 0 Å². The second-order valence-corrected chi connectivity index (χ2v) is 7.21. The molecule has 0 spiro atoms. The molecule has 160 valence electrons. The average Bonchev–Trinajstić information content (AvgIpc) is 3.14.